The molecule has 0 aromatic heterocycles. The van der Waals surface area contributed by atoms with E-state index in [1.165, 1.54) is 6.07 Å². The van der Waals surface area contributed by atoms with Crippen molar-refractivity contribution in [2.75, 3.05) is 25.3 Å². The molecule has 0 saturated carbocycles. The first-order valence-electron chi connectivity index (χ1n) is 5.78. The zero-order valence-corrected chi connectivity index (χ0v) is 13.2. The van der Waals surface area contributed by atoms with Crippen molar-refractivity contribution >= 4 is 39.7 Å². The van der Waals surface area contributed by atoms with Crippen molar-refractivity contribution in [3.05, 3.63) is 39.7 Å². The molecule has 106 valence electrons. The van der Waals surface area contributed by atoms with Crippen molar-refractivity contribution in [1.82, 2.24) is 0 Å². The van der Waals surface area contributed by atoms with Gasteiger partial charge in [-0.05, 0) is 40.8 Å². The number of rotatable bonds is 4. The van der Waals surface area contributed by atoms with Gasteiger partial charge < -0.3 is 20.5 Å². The Morgan fingerprint density at radius 3 is 2.50 bits per heavy atom. The van der Waals surface area contributed by atoms with E-state index in [0.717, 1.165) is 0 Å². The van der Waals surface area contributed by atoms with Crippen molar-refractivity contribution < 1.29 is 13.9 Å². The van der Waals surface area contributed by atoms with Crippen LogP contribution in [0.3, 0.4) is 0 Å². The third-order valence-corrected chi connectivity index (χ3v) is 3.60. The highest BCUT2D eigenvalue weighted by Crippen LogP contribution is 2.34. The van der Waals surface area contributed by atoms with Gasteiger partial charge in [-0.2, -0.15) is 0 Å². The highest BCUT2D eigenvalue weighted by atomic mass is 127. The highest BCUT2D eigenvalue weighted by Gasteiger charge is 2.10. The number of ether oxygens (including phenoxy) is 2. The molecule has 3 N–H and O–H groups in total. The van der Waals surface area contributed by atoms with E-state index < -0.39 is 0 Å². The first-order chi connectivity index (χ1) is 9.55. The number of halogens is 2. The van der Waals surface area contributed by atoms with Gasteiger partial charge in [-0.3, -0.25) is 0 Å². The third-order valence-electron chi connectivity index (χ3n) is 2.77. The summed E-state index contributed by atoms with van der Waals surface area (Å²) in [7, 11) is 3.13. The molecule has 0 saturated heterocycles. The molecule has 0 fully saturated rings. The molecule has 0 atom stereocenters. The molecule has 0 aliphatic rings. The molecule has 2 aromatic rings. The molecular weight excluding hydrogens is 374 g/mol. The van der Waals surface area contributed by atoms with Gasteiger partial charge in [0.2, 0.25) is 0 Å². The summed E-state index contributed by atoms with van der Waals surface area (Å²) in [5, 5.41) is 3.06. The summed E-state index contributed by atoms with van der Waals surface area (Å²) in [5.74, 6) is 0.950. The van der Waals surface area contributed by atoms with Crippen LogP contribution in [-0.4, -0.2) is 14.2 Å². The first-order valence-corrected chi connectivity index (χ1v) is 6.86. The maximum Gasteiger partial charge on any atom is 0.142 e. The summed E-state index contributed by atoms with van der Waals surface area (Å²) in [4.78, 5) is 0. The quantitative estimate of drug-likeness (QED) is 0.619. The fourth-order valence-corrected chi connectivity index (χ4v) is 2.22. The molecular formula is C14H14FIN2O2. The normalized spacial score (nSPS) is 10.2. The number of nitrogen functional groups attached to an aromatic ring is 1. The van der Waals surface area contributed by atoms with E-state index in [1.54, 1.807) is 38.5 Å². The predicted octanol–water partition coefficient (Wildman–Crippen LogP) is 3.77. The fraction of sp³-hybridized carbons (Fsp3) is 0.143. The van der Waals surface area contributed by atoms with Crippen molar-refractivity contribution in [3.63, 3.8) is 0 Å². The number of hydrogen-bond acceptors (Lipinski definition) is 4. The van der Waals surface area contributed by atoms with Gasteiger partial charge in [0, 0.05) is 12.1 Å². The van der Waals surface area contributed by atoms with Gasteiger partial charge in [0.15, 0.2) is 0 Å². The highest BCUT2D eigenvalue weighted by molar-refractivity contribution is 14.1. The maximum absolute atomic E-state index is 13.6. The van der Waals surface area contributed by atoms with Gasteiger partial charge in [0.1, 0.15) is 17.3 Å². The van der Waals surface area contributed by atoms with Crippen LogP contribution in [0.2, 0.25) is 0 Å². The first kappa shape index (κ1) is 14.7. The van der Waals surface area contributed by atoms with Crippen LogP contribution in [0.1, 0.15) is 0 Å². The Morgan fingerprint density at radius 2 is 1.85 bits per heavy atom. The summed E-state index contributed by atoms with van der Waals surface area (Å²) >= 11 is 1.90. The largest absolute Gasteiger partial charge is 0.497 e. The average Bonchev–Trinajstić information content (AvgIpc) is 2.44. The van der Waals surface area contributed by atoms with Crippen LogP contribution in [-0.2, 0) is 0 Å². The Morgan fingerprint density at radius 1 is 1.10 bits per heavy atom. The Balaban J connectivity index is 2.41. The van der Waals surface area contributed by atoms with Crippen molar-refractivity contribution in [3.8, 4) is 11.5 Å². The van der Waals surface area contributed by atoms with Crippen molar-refractivity contribution in [2.45, 2.75) is 0 Å². The molecule has 4 nitrogen and oxygen atoms in total. The monoisotopic (exact) mass is 388 g/mol. The summed E-state index contributed by atoms with van der Waals surface area (Å²) < 4.78 is 24.5. The van der Waals surface area contributed by atoms with Crippen molar-refractivity contribution in [1.29, 1.82) is 0 Å². The number of hydrogen-bond donors (Lipinski definition) is 2. The lowest BCUT2D eigenvalue weighted by molar-refractivity contribution is 0.405. The summed E-state index contributed by atoms with van der Waals surface area (Å²) in [6, 6.07) is 8.23. The third kappa shape index (κ3) is 3.06. The molecule has 0 bridgehead atoms. The summed E-state index contributed by atoms with van der Waals surface area (Å²) in [6.45, 7) is 0. The lowest BCUT2D eigenvalue weighted by atomic mass is 10.2. The molecule has 0 amide bonds. The van der Waals surface area contributed by atoms with E-state index in [9.17, 15) is 4.39 Å². The molecule has 0 radical (unpaired) electrons. The minimum Gasteiger partial charge on any atom is -0.497 e. The van der Waals surface area contributed by atoms with Gasteiger partial charge in [-0.25, -0.2) is 4.39 Å². The maximum atomic E-state index is 13.6. The topological polar surface area (TPSA) is 56.5 Å². The predicted molar refractivity (Wildman–Crippen MR) is 86.4 cm³/mol. The average molecular weight is 388 g/mol. The van der Waals surface area contributed by atoms with Gasteiger partial charge >= 0.3 is 0 Å². The van der Waals surface area contributed by atoms with E-state index in [0.29, 0.717) is 32.1 Å². The Hall–Kier alpha value is -1.70. The van der Waals surface area contributed by atoms with E-state index in [4.69, 9.17) is 15.2 Å². The molecule has 2 aromatic carbocycles. The number of methoxy groups -OCH3 is 2. The minimum atomic E-state index is -0.329. The van der Waals surface area contributed by atoms with Gasteiger partial charge in [-0.15, -0.1) is 0 Å². The van der Waals surface area contributed by atoms with Gasteiger partial charge in [0.05, 0.1) is 34.9 Å². The number of anilines is 3. The van der Waals surface area contributed by atoms with Crippen LogP contribution in [0, 0.1) is 9.39 Å². The van der Waals surface area contributed by atoms with Crippen LogP contribution in [0.15, 0.2) is 30.3 Å². The Labute approximate surface area is 130 Å². The Bertz CT molecular complexity index is 635. The lowest BCUT2D eigenvalue weighted by Crippen LogP contribution is -2.00. The molecule has 0 aliphatic carbocycles. The number of benzene rings is 2. The molecule has 0 heterocycles. The SMILES string of the molecule is COc1ccc(OC)c(Nc2cc(F)c(I)cc2N)c1. The number of nitrogens with one attached hydrogen (secondary N) is 1. The van der Waals surface area contributed by atoms with Crippen LogP contribution in [0.25, 0.3) is 0 Å². The lowest BCUT2D eigenvalue weighted by Gasteiger charge is -2.14. The standard InChI is InChI=1S/C14H14FIN2O2/c1-19-8-3-4-14(20-2)13(5-8)18-12-6-9(15)10(16)7-11(12)17/h3-7,18H,17H2,1-2H3. The molecule has 6 heteroatoms. The smallest absolute Gasteiger partial charge is 0.142 e. The van der Waals surface area contributed by atoms with Crippen LogP contribution < -0.4 is 20.5 Å². The minimum absolute atomic E-state index is 0.329. The number of nitrogens with two attached hydrogens (primary N) is 1. The second-order valence-corrected chi connectivity index (χ2v) is 5.21. The zero-order valence-electron chi connectivity index (χ0n) is 11.0. The molecule has 0 spiro atoms. The zero-order chi connectivity index (χ0) is 14.7. The second kappa shape index (κ2) is 6.17. The van der Waals surface area contributed by atoms with Gasteiger partial charge in [0.25, 0.3) is 0 Å². The van der Waals surface area contributed by atoms with E-state index in [-0.39, 0.29) is 5.82 Å². The molecule has 2 rings (SSSR count). The van der Waals surface area contributed by atoms with E-state index >= 15 is 0 Å². The van der Waals surface area contributed by atoms with Gasteiger partial charge in [-0.1, -0.05) is 0 Å². The van der Waals surface area contributed by atoms with Crippen LogP contribution >= 0.6 is 22.6 Å². The Kier molecular flexibility index (Phi) is 4.53. The van der Waals surface area contributed by atoms with Crippen molar-refractivity contribution in [2.24, 2.45) is 0 Å². The van der Waals surface area contributed by atoms with E-state index in [1.807, 2.05) is 22.6 Å². The fourth-order valence-electron chi connectivity index (χ4n) is 1.73. The van der Waals surface area contributed by atoms with E-state index in [2.05, 4.69) is 5.32 Å². The summed E-state index contributed by atoms with van der Waals surface area (Å²) in [6.07, 6.45) is 0. The second-order valence-electron chi connectivity index (χ2n) is 4.04. The van der Waals surface area contributed by atoms with Crippen LogP contribution in [0.4, 0.5) is 21.5 Å². The molecule has 20 heavy (non-hydrogen) atoms. The summed E-state index contributed by atoms with van der Waals surface area (Å²) in [5.41, 5.74) is 7.49. The van der Waals surface area contributed by atoms with Crippen LogP contribution in [0.5, 0.6) is 11.5 Å². The molecule has 0 unspecified atom stereocenters. The molecule has 0 aliphatic heterocycles.